The summed E-state index contributed by atoms with van der Waals surface area (Å²) in [5, 5.41) is 3.81. The molecule has 0 bridgehead atoms. The molecule has 0 heterocycles. The van der Waals surface area contributed by atoms with E-state index in [0.717, 1.165) is 5.69 Å². The predicted molar refractivity (Wildman–Crippen MR) is 69.5 cm³/mol. The number of halogens is 1. The van der Waals surface area contributed by atoms with E-state index in [4.69, 9.17) is 25.8 Å². The zero-order valence-electron chi connectivity index (χ0n) is 10.5. The summed E-state index contributed by atoms with van der Waals surface area (Å²) in [6, 6.07) is 3.70. The standard InChI is InChI=1S/C12H18ClNO3/c1-8(7-15-2)14-10-5-9(13)11(16-3)6-12(10)17-4/h5-6,8,14H,7H2,1-4H3. The first-order valence-corrected chi connectivity index (χ1v) is 5.67. The summed E-state index contributed by atoms with van der Waals surface area (Å²) < 4.78 is 15.5. The van der Waals surface area contributed by atoms with Gasteiger partial charge in [-0.2, -0.15) is 0 Å². The molecule has 0 radical (unpaired) electrons. The minimum absolute atomic E-state index is 0.165. The summed E-state index contributed by atoms with van der Waals surface area (Å²) in [6.45, 7) is 2.62. The van der Waals surface area contributed by atoms with Crippen LogP contribution in [0.5, 0.6) is 11.5 Å². The molecular formula is C12H18ClNO3. The third kappa shape index (κ3) is 3.68. The smallest absolute Gasteiger partial charge is 0.145 e. The van der Waals surface area contributed by atoms with Gasteiger partial charge in [0.1, 0.15) is 11.5 Å². The second-order valence-corrected chi connectivity index (χ2v) is 4.09. The molecule has 1 aromatic carbocycles. The van der Waals surface area contributed by atoms with Gasteiger partial charge in [0.15, 0.2) is 0 Å². The largest absolute Gasteiger partial charge is 0.495 e. The van der Waals surface area contributed by atoms with Crippen molar-refractivity contribution in [3.8, 4) is 11.5 Å². The first kappa shape index (κ1) is 13.9. The van der Waals surface area contributed by atoms with Gasteiger partial charge in [0.25, 0.3) is 0 Å². The van der Waals surface area contributed by atoms with Gasteiger partial charge in [0.2, 0.25) is 0 Å². The molecule has 4 nitrogen and oxygen atoms in total. The molecule has 1 rings (SSSR count). The average molecular weight is 260 g/mol. The molecule has 0 saturated heterocycles. The number of hydrogen-bond acceptors (Lipinski definition) is 4. The van der Waals surface area contributed by atoms with Crippen molar-refractivity contribution in [3.63, 3.8) is 0 Å². The Morgan fingerprint density at radius 3 is 2.35 bits per heavy atom. The van der Waals surface area contributed by atoms with Gasteiger partial charge in [-0.05, 0) is 13.0 Å². The Labute approximate surface area is 107 Å². The van der Waals surface area contributed by atoms with Gasteiger partial charge in [-0.3, -0.25) is 0 Å². The first-order chi connectivity index (χ1) is 8.12. The molecule has 96 valence electrons. The summed E-state index contributed by atoms with van der Waals surface area (Å²) in [7, 11) is 4.84. The van der Waals surface area contributed by atoms with Crippen molar-refractivity contribution in [3.05, 3.63) is 17.2 Å². The molecule has 0 spiro atoms. The van der Waals surface area contributed by atoms with Crippen LogP contribution in [-0.4, -0.2) is 34.0 Å². The Hall–Kier alpha value is -1.13. The van der Waals surface area contributed by atoms with Crippen LogP contribution in [0.2, 0.25) is 5.02 Å². The van der Waals surface area contributed by atoms with Crippen molar-refractivity contribution < 1.29 is 14.2 Å². The number of anilines is 1. The molecule has 1 atom stereocenters. The van der Waals surface area contributed by atoms with E-state index in [0.29, 0.717) is 23.1 Å². The average Bonchev–Trinajstić information content (AvgIpc) is 2.29. The van der Waals surface area contributed by atoms with E-state index in [1.165, 1.54) is 0 Å². The third-order valence-electron chi connectivity index (χ3n) is 2.29. The zero-order chi connectivity index (χ0) is 12.8. The van der Waals surface area contributed by atoms with Crippen molar-refractivity contribution in [2.24, 2.45) is 0 Å². The quantitative estimate of drug-likeness (QED) is 0.853. The fourth-order valence-electron chi connectivity index (χ4n) is 1.53. The second-order valence-electron chi connectivity index (χ2n) is 3.69. The van der Waals surface area contributed by atoms with E-state index < -0.39 is 0 Å². The monoisotopic (exact) mass is 259 g/mol. The molecule has 0 aromatic heterocycles. The SMILES string of the molecule is COCC(C)Nc1cc(Cl)c(OC)cc1OC. The fraction of sp³-hybridized carbons (Fsp3) is 0.500. The maximum Gasteiger partial charge on any atom is 0.145 e. The number of hydrogen-bond donors (Lipinski definition) is 1. The van der Waals surface area contributed by atoms with Crippen LogP contribution in [0.1, 0.15) is 6.92 Å². The van der Waals surface area contributed by atoms with Crippen molar-refractivity contribution >= 4 is 17.3 Å². The van der Waals surface area contributed by atoms with E-state index in [9.17, 15) is 0 Å². The lowest BCUT2D eigenvalue weighted by atomic mass is 10.2. The molecule has 1 N–H and O–H groups in total. The molecule has 0 fully saturated rings. The molecule has 5 heteroatoms. The van der Waals surface area contributed by atoms with Crippen LogP contribution in [0, 0.1) is 0 Å². The second kappa shape index (κ2) is 6.57. The van der Waals surface area contributed by atoms with Crippen LogP contribution < -0.4 is 14.8 Å². The Morgan fingerprint density at radius 2 is 1.82 bits per heavy atom. The number of methoxy groups -OCH3 is 3. The highest BCUT2D eigenvalue weighted by atomic mass is 35.5. The topological polar surface area (TPSA) is 39.7 Å². The van der Waals surface area contributed by atoms with Crippen LogP contribution in [0.3, 0.4) is 0 Å². The minimum Gasteiger partial charge on any atom is -0.495 e. The summed E-state index contributed by atoms with van der Waals surface area (Å²) in [6.07, 6.45) is 0. The highest BCUT2D eigenvalue weighted by Crippen LogP contribution is 2.36. The molecule has 0 amide bonds. The van der Waals surface area contributed by atoms with Gasteiger partial charge in [0, 0.05) is 19.2 Å². The third-order valence-corrected chi connectivity index (χ3v) is 2.59. The normalized spacial score (nSPS) is 12.1. The Balaban J connectivity index is 2.94. The van der Waals surface area contributed by atoms with Gasteiger partial charge in [-0.15, -0.1) is 0 Å². The molecule has 0 aliphatic carbocycles. The van der Waals surface area contributed by atoms with Gasteiger partial charge in [-0.25, -0.2) is 0 Å². The van der Waals surface area contributed by atoms with Gasteiger partial charge >= 0.3 is 0 Å². The molecular weight excluding hydrogens is 242 g/mol. The van der Waals surface area contributed by atoms with Crippen LogP contribution in [-0.2, 0) is 4.74 Å². The number of rotatable bonds is 6. The van der Waals surface area contributed by atoms with Crippen molar-refractivity contribution in [2.45, 2.75) is 13.0 Å². The van der Waals surface area contributed by atoms with E-state index >= 15 is 0 Å². The lowest BCUT2D eigenvalue weighted by molar-refractivity contribution is 0.190. The molecule has 1 unspecified atom stereocenters. The lowest BCUT2D eigenvalue weighted by Crippen LogP contribution is -2.21. The maximum atomic E-state index is 6.07. The summed E-state index contributed by atoms with van der Waals surface area (Å²) in [4.78, 5) is 0. The summed E-state index contributed by atoms with van der Waals surface area (Å²) in [5.41, 5.74) is 0.822. The van der Waals surface area contributed by atoms with Gasteiger partial charge < -0.3 is 19.5 Å². The Morgan fingerprint density at radius 1 is 1.18 bits per heavy atom. The molecule has 17 heavy (non-hydrogen) atoms. The lowest BCUT2D eigenvalue weighted by Gasteiger charge is -2.18. The van der Waals surface area contributed by atoms with E-state index in [1.807, 2.05) is 6.92 Å². The molecule has 0 saturated carbocycles. The molecule has 0 aliphatic heterocycles. The molecule has 1 aromatic rings. The summed E-state index contributed by atoms with van der Waals surface area (Å²) >= 11 is 6.07. The molecule has 0 aliphatic rings. The maximum absolute atomic E-state index is 6.07. The zero-order valence-corrected chi connectivity index (χ0v) is 11.3. The first-order valence-electron chi connectivity index (χ1n) is 5.29. The van der Waals surface area contributed by atoms with E-state index in [-0.39, 0.29) is 6.04 Å². The number of nitrogens with one attached hydrogen (secondary N) is 1. The van der Waals surface area contributed by atoms with E-state index in [1.54, 1.807) is 33.5 Å². The fourth-order valence-corrected chi connectivity index (χ4v) is 1.77. The number of ether oxygens (including phenoxy) is 3. The Kier molecular flexibility index (Phi) is 5.38. The van der Waals surface area contributed by atoms with Gasteiger partial charge in [-0.1, -0.05) is 11.6 Å². The van der Waals surface area contributed by atoms with Crippen LogP contribution in [0.25, 0.3) is 0 Å². The predicted octanol–water partition coefficient (Wildman–Crippen LogP) is 2.80. The summed E-state index contributed by atoms with van der Waals surface area (Å²) in [5.74, 6) is 1.28. The van der Waals surface area contributed by atoms with Crippen LogP contribution in [0.4, 0.5) is 5.69 Å². The van der Waals surface area contributed by atoms with E-state index in [2.05, 4.69) is 5.32 Å². The van der Waals surface area contributed by atoms with Crippen molar-refractivity contribution in [2.75, 3.05) is 33.3 Å². The Bertz CT molecular complexity index is 371. The minimum atomic E-state index is 0.165. The van der Waals surface area contributed by atoms with Crippen LogP contribution in [0.15, 0.2) is 12.1 Å². The van der Waals surface area contributed by atoms with Gasteiger partial charge in [0.05, 0.1) is 31.5 Å². The van der Waals surface area contributed by atoms with Crippen LogP contribution >= 0.6 is 11.6 Å². The van der Waals surface area contributed by atoms with Crippen molar-refractivity contribution in [1.82, 2.24) is 0 Å². The highest BCUT2D eigenvalue weighted by Gasteiger charge is 2.11. The highest BCUT2D eigenvalue weighted by molar-refractivity contribution is 6.32. The number of benzene rings is 1. The van der Waals surface area contributed by atoms with Crippen molar-refractivity contribution in [1.29, 1.82) is 0 Å².